The monoisotopic (exact) mass is 369 g/mol. The Balaban J connectivity index is 1.48. The van der Waals surface area contributed by atoms with Gasteiger partial charge in [0.2, 0.25) is 0 Å². The first-order valence-electron chi connectivity index (χ1n) is 9.95. The summed E-state index contributed by atoms with van der Waals surface area (Å²) in [6.07, 6.45) is 7.17. The number of rotatable bonds is 4. The molecule has 1 saturated carbocycles. The molecule has 4 heteroatoms. The Morgan fingerprint density at radius 3 is 2.36 bits per heavy atom. The lowest BCUT2D eigenvalue weighted by Crippen LogP contribution is -2.14. The van der Waals surface area contributed by atoms with Crippen LogP contribution in [0.5, 0.6) is 11.5 Å². The summed E-state index contributed by atoms with van der Waals surface area (Å²) in [5.74, 6) is 2.85. The lowest BCUT2D eigenvalue weighted by molar-refractivity contribution is 0.483. The Kier molecular flexibility index (Phi) is 4.32. The molecule has 1 aromatic heterocycles. The van der Waals surface area contributed by atoms with Gasteiger partial charge in [-0.3, -0.25) is 9.98 Å². The van der Waals surface area contributed by atoms with Crippen LogP contribution in [-0.4, -0.2) is 10.8 Å². The first-order chi connectivity index (χ1) is 13.8. The molecule has 0 atom stereocenters. The summed E-state index contributed by atoms with van der Waals surface area (Å²) in [5, 5.41) is 0. The quantitative estimate of drug-likeness (QED) is 0.668. The van der Waals surface area contributed by atoms with Gasteiger partial charge in [0.15, 0.2) is 0 Å². The number of aliphatic imine (C=N–C) groups is 1. The highest BCUT2D eigenvalue weighted by Gasteiger charge is 2.27. The van der Waals surface area contributed by atoms with Gasteiger partial charge in [0.05, 0.1) is 12.2 Å². The Hall–Kier alpha value is -3.14. The molecule has 28 heavy (non-hydrogen) atoms. The Morgan fingerprint density at radius 2 is 1.61 bits per heavy atom. The van der Waals surface area contributed by atoms with Crippen LogP contribution in [0.1, 0.15) is 48.3 Å². The zero-order chi connectivity index (χ0) is 18.9. The smallest absolute Gasteiger partial charge is 0.128 e. The normalized spacial score (nSPS) is 16.1. The van der Waals surface area contributed by atoms with Crippen molar-refractivity contribution in [2.45, 2.75) is 38.1 Å². The van der Waals surface area contributed by atoms with Crippen molar-refractivity contribution in [1.29, 1.82) is 0 Å². The Morgan fingerprint density at radius 1 is 0.893 bits per heavy atom. The number of pyridine rings is 1. The molecule has 0 radical (unpaired) electrons. The van der Waals surface area contributed by atoms with Crippen LogP contribution in [0.25, 0.3) is 11.3 Å². The number of ether oxygens (including phenoxy) is 1. The number of amidine groups is 1. The third-order valence-electron chi connectivity index (χ3n) is 5.79. The van der Waals surface area contributed by atoms with Crippen LogP contribution in [0.3, 0.4) is 0 Å². The molecule has 0 amide bonds. The van der Waals surface area contributed by atoms with Crippen molar-refractivity contribution < 1.29 is 4.74 Å². The predicted octanol–water partition coefficient (Wildman–Crippen LogP) is 5.42. The molecule has 3 aromatic rings. The summed E-state index contributed by atoms with van der Waals surface area (Å²) in [6.45, 7) is 0.678. The maximum Gasteiger partial charge on any atom is 0.128 e. The van der Waals surface area contributed by atoms with E-state index in [4.69, 9.17) is 15.5 Å². The van der Waals surface area contributed by atoms with E-state index in [1.165, 1.54) is 36.8 Å². The van der Waals surface area contributed by atoms with Crippen molar-refractivity contribution in [2.24, 2.45) is 10.7 Å². The number of benzene rings is 2. The molecule has 2 aliphatic rings. The van der Waals surface area contributed by atoms with Gasteiger partial charge in [0.25, 0.3) is 0 Å². The molecule has 0 spiro atoms. The maximum atomic E-state index is 6.27. The van der Waals surface area contributed by atoms with E-state index in [0.717, 1.165) is 28.3 Å². The van der Waals surface area contributed by atoms with E-state index in [1.807, 2.05) is 54.6 Å². The average Bonchev–Trinajstić information content (AvgIpc) is 3.40. The molecule has 5 rings (SSSR count). The number of aromatic nitrogens is 1. The zero-order valence-corrected chi connectivity index (χ0v) is 15.8. The van der Waals surface area contributed by atoms with Gasteiger partial charge < -0.3 is 10.5 Å². The summed E-state index contributed by atoms with van der Waals surface area (Å²) in [6, 6.07) is 17.8. The molecule has 0 saturated heterocycles. The lowest BCUT2D eigenvalue weighted by Gasteiger charge is -2.17. The minimum atomic E-state index is 0.609. The van der Waals surface area contributed by atoms with Crippen LogP contribution < -0.4 is 10.5 Å². The fourth-order valence-corrected chi connectivity index (χ4v) is 4.37. The van der Waals surface area contributed by atoms with E-state index in [1.54, 1.807) is 0 Å². The Bertz CT molecular complexity index is 1020. The molecule has 2 aromatic carbocycles. The van der Waals surface area contributed by atoms with Crippen molar-refractivity contribution in [2.75, 3.05) is 0 Å². The minimum Gasteiger partial charge on any atom is -0.457 e. The van der Waals surface area contributed by atoms with Crippen LogP contribution >= 0.6 is 0 Å². The van der Waals surface area contributed by atoms with Crippen LogP contribution in [-0.2, 0) is 6.54 Å². The highest BCUT2D eigenvalue weighted by atomic mass is 16.5. The van der Waals surface area contributed by atoms with Gasteiger partial charge in [-0.15, -0.1) is 0 Å². The predicted molar refractivity (Wildman–Crippen MR) is 112 cm³/mol. The molecule has 4 nitrogen and oxygen atoms in total. The van der Waals surface area contributed by atoms with Gasteiger partial charge >= 0.3 is 0 Å². The lowest BCUT2D eigenvalue weighted by atomic mass is 9.90. The second kappa shape index (κ2) is 7.12. The van der Waals surface area contributed by atoms with Crippen molar-refractivity contribution in [3.63, 3.8) is 0 Å². The van der Waals surface area contributed by atoms with Crippen LogP contribution in [0, 0.1) is 0 Å². The number of hydrogen-bond acceptors (Lipinski definition) is 4. The minimum absolute atomic E-state index is 0.609. The molecular formula is C24H23N3O. The summed E-state index contributed by atoms with van der Waals surface area (Å²) in [4.78, 5) is 9.35. The fraction of sp³-hybridized carbons (Fsp3) is 0.250. The van der Waals surface area contributed by atoms with Crippen LogP contribution in [0.2, 0.25) is 0 Å². The Labute approximate surface area is 165 Å². The molecule has 140 valence electrons. The second-order valence-electron chi connectivity index (χ2n) is 7.54. The van der Waals surface area contributed by atoms with Gasteiger partial charge in [0.1, 0.15) is 17.3 Å². The van der Waals surface area contributed by atoms with Crippen LogP contribution in [0.15, 0.2) is 65.8 Å². The summed E-state index contributed by atoms with van der Waals surface area (Å²) in [7, 11) is 0. The highest BCUT2D eigenvalue weighted by Crippen LogP contribution is 2.40. The largest absolute Gasteiger partial charge is 0.457 e. The van der Waals surface area contributed by atoms with Crippen molar-refractivity contribution >= 4 is 5.84 Å². The standard InChI is InChI=1S/C24H23N3O/c25-24-22-21(15-27-24)20(16-6-4-5-7-16)14-26-23(22)17-10-12-19(13-11-17)28-18-8-2-1-3-9-18/h1-3,8-14,16H,4-7,15H2,(H2,25,27). The third-order valence-corrected chi connectivity index (χ3v) is 5.79. The molecule has 0 unspecified atom stereocenters. The van der Waals surface area contributed by atoms with Gasteiger partial charge in [-0.05, 0) is 66.3 Å². The molecule has 1 aliphatic heterocycles. The number of hydrogen-bond donors (Lipinski definition) is 1. The first-order valence-corrected chi connectivity index (χ1v) is 9.95. The highest BCUT2D eigenvalue weighted by molar-refractivity contribution is 6.06. The van der Waals surface area contributed by atoms with E-state index in [0.29, 0.717) is 18.3 Å². The zero-order valence-electron chi connectivity index (χ0n) is 15.8. The van der Waals surface area contributed by atoms with E-state index in [-0.39, 0.29) is 0 Å². The molecule has 2 heterocycles. The number of fused-ring (bicyclic) bond motifs is 1. The summed E-state index contributed by atoms with van der Waals surface area (Å²) < 4.78 is 5.90. The summed E-state index contributed by atoms with van der Waals surface area (Å²) in [5.41, 5.74) is 11.9. The van der Waals surface area contributed by atoms with E-state index < -0.39 is 0 Å². The third kappa shape index (κ3) is 3.05. The molecule has 2 N–H and O–H groups in total. The SMILES string of the molecule is NC1=NCc2c(C3CCCC3)cnc(-c3ccc(Oc4ccccc4)cc3)c21. The van der Waals surface area contributed by atoms with Gasteiger partial charge in [-0.1, -0.05) is 31.0 Å². The molecule has 1 fully saturated rings. The van der Waals surface area contributed by atoms with Crippen molar-refractivity contribution in [3.8, 4) is 22.8 Å². The fourth-order valence-electron chi connectivity index (χ4n) is 4.37. The van der Waals surface area contributed by atoms with Gasteiger partial charge in [-0.2, -0.15) is 0 Å². The van der Waals surface area contributed by atoms with Gasteiger partial charge in [-0.25, -0.2) is 0 Å². The van der Waals surface area contributed by atoms with E-state index >= 15 is 0 Å². The van der Waals surface area contributed by atoms with Crippen molar-refractivity contribution in [3.05, 3.63) is 77.5 Å². The summed E-state index contributed by atoms with van der Waals surface area (Å²) >= 11 is 0. The number of nitrogens with zero attached hydrogens (tertiary/aromatic N) is 2. The molecule has 1 aliphatic carbocycles. The van der Waals surface area contributed by atoms with Crippen LogP contribution in [0.4, 0.5) is 0 Å². The molecule has 0 bridgehead atoms. The van der Waals surface area contributed by atoms with Gasteiger partial charge in [0, 0.05) is 17.3 Å². The second-order valence-corrected chi connectivity index (χ2v) is 7.54. The maximum absolute atomic E-state index is 6.27. The van der Waals surface area contributed by atoms with Crippen molar-refractivity contribution in [1.82, 2.24) is 4.98 Å². The first kappa shape index (κ1) is 17.0. The van der Waals surface area contributed by atoms with E-state index in [9.17, 15) is 0 Å². The number of nitrogens with two attached hydrogens (primary N) is 1. The molecular weight excluding hydrogens is 346 g/mol. The van der Waals surface area contributed by atoms with E-state index in [2.05, 4.69) is 11.2 Å². The average molecular weight is 369 g/mol. The topological polar surface area (TPSA) is 60.5 Å². The number of para-hydroxylation sites is 1.